The highest BCUT2D eigenvalue weighted by molar-refractivity contribution is 6.01. The molecule has 2 N–H and O–H groups in total. The van der Waals surface area contributed by atoms with Gasteiger partial charge in [0.25, 0.3) is 0 Å². The molecule has 0 unspecified atom stereocenters. The Labute approximate surface area is 242 Å². The first-order valence-electron chi connectivity index (χ1n) is 14.4. The quantitative estimate of drug-likeness (QED) is 0.300. The average molecular weight is 557 g/mol. The molecule has 1 saturated carbocycles. The van der Waals surface area contributed by atoms with E-state index in [0.29, 0.717) is 29.2 Å². The molecule has 1 heterocycles. The minimum absolute atomic E-state index is 0.0870. The topological polar surface area (TPSA) is 101 Å². The number of pyridine rings is 1. The van der Waals surface area contributed by atoms with Crippen LogP contribution in [-0.4, -0.2) is 35.9 Å². The van der Waals surface area contributed by atoms with E-state index in [9.17, 15) is 14.4 Å². The first kappa shape index (κ1) is 29.8. The van der Waals surface area contributed by atoms with Crippen molar-refractivity contribution in [2.75, 3.05) is 17.3 Å². The highest BCUT2D eigenvalue weighted by Gasteiger charge is 2.34. The number of nitrogens with zero attached hydrogens (tertiary/aromatic N) is 2. The lowest BCUT2D eigenvalue weighted by atomic mass is 9.94. The molecule has 1 aliphatic carbocycles. The van der Waals surface area contributed by atoms with Crippen LogP contribution < -0.4 is 20.3 Å². The number of hydrogen-bond acceptors (Lipinski definition) is 5. The molecule has 2 aromatic carbocycles. The summed E-state index contributed by atoms with van der Waals surface area (Å²) in [6.45, 7) is 4.01. The summed E-state index contributed by atoms with van der Waals surface area (Å²) in [5.41, 5.74) is 3.46. The Hall–Kier alpha value is -4.20. The van der Waals surface area contributed by atoms with Gasteiger partial charge in [-0.05, 0) is 86.2 Å². The van der Waals surface area contributed by atoms with Gasteiger partial charge in [0.1, 0.15) is 17.6 Å². The lowest BCUT2D eigenvalue weighted by Gasteiger charge is -2.34. The number of carbonyl (C=O) groups is 3. The van der Waals surface area contributed by atoms with Crippen LogP contribution in [0.3, 0.4) is 0 Å². The zero-order valence-corrected chi connectivity index (χ0v) is 24.2. The van der Waals surface area contributed by atoms with Crippen molar-refractivity contribution in [2.45, 2.75) is 77.3 Å². The van der Waals surface area contributed by atoms with Crippen molar-refractivity contribution in [3.8, 4) is 5.75 Å². The molecule has 4 rings (SSSR count). The maximum Gasteiger partial charge on any atom is 0.248 e. The van der Waals surface area contributed by atoms with Crippen LogP contribution in [0.1, 0.15) is 74.1 Å². The minimum atomic E-state index is -0.875. The average Bonchev–Trinajstić information content (AvgIpc) is 2.98. The molecule has 0 spiro atoms. The maximum absolute atomic E-state index is 14.0. The van der Waals surface area contributed by atoms with Crippen LogP contribution in [-0.2, 0) is 14.4 Å². The number of amides is 3. The van der Waals surface area contributed by atoms with Crippen LogP contribution in [0.2, 0.25) is 0 Å². The Balaban J connectivity index is 1.61. The van der Waals surface area contributed by atoms with Crippen molar-refractivity contribution in [3.05, 3.63) is 83.6 Å². The van der Waals surface area contributed by atoms with Crippen LogP contribution in [0.5, 0.6) is 5.75 Å². The normalized spacial score (nSPS) is 14.1. The van der Waals surface area contributed by atoms with Gasteiger partial charge in [-0.15, -0.1) is 0 Å². The number of hydrogen-bond donors (Lipinski definition) is 2. The molecule has 3 amide bonds. The molecular weight excluding hydrogens is 516 g/mol. The predicted octanol–water partition coefficient (Wildman–Crippen LogP) is 6.04. The molecule has 0 bridgehead atoms. The molecule has 0 radical (unpaired) electrons. The summed E-state index contributed by atoms with van der Waals surface area (Å²) in [4.78, 5) is 46.2. The fourth-order valence-electron chi connectivity index (χ4n) is 5.21. The van der Waals surface area contributed by atoms with Gasteiger partial charge < -0.3 is 15.4 Å². The first-order valence-corrected chi connectivity index (χ1v) is 14.4. The van der Waals surface area contributed by atoms with Gasteiger partial charge in [-0.2, -0.15) is 0 Å². The SMILES string of the molecule is COc1ccc([C@@H](C(=O)NC2CCCCC2)N(C(=O)CCCC(=O)Nc2ccccn2)c2ccc(C)c(C)c2)cc1. The third kappa shape index (κ3) is 8.16. The van der Waals surface area contributed by atoms with E-state index in [1.165, 1.54) is 6.42 Å². The second-order valence-electron chi connectivity index (χ2n) is 10.7. The van der Waals surface area contributed by atoms with Crippen molar-refractivity contribution in [3.63, 3.8) is 0 Å². The lowest BCUT2D eigenvalue weighted by Crippen LogP contribution is -2.47. The standard InChI is InChI=1S/C33H40N4O4/c1-23-15-18-27(22-24(23)2)37(31(39)14-9-13-30(38)36-29-12-7-8-21-34-29)32(25-16-19-28(41-3)20-17-25)33(40)35-26-10-5-4-6-11-26/h7-8,12,15-22,26,32H,4-6,9-11,13-14H2,1-3H3,(H,35,40)(H,34,36,38)/t32-/m0/s1. The zero-order valence-electron chi connectivity index (χ0n) is 24.2. The predicted molar refractivity (Wildman–Crippen MR) is 161 cm³/mol. The van der Waals surface area contributed by atoms with Crippen LogP contribution in [0, 0.1) is 13.8 Å². The van der Waals surface area contributed by atoms with Gasteiger partial charge in [-0.3, -0.25) is 19.3 Å². The molecule has 216 valence electrons. The molecule has 3 aromatic rings. The largest absolute Gasteiger partial charge is 0.497 e. The van der Waals surface area contributed by atoms with Gasteiger partial charge in [0.05, 0.1) is 7.11 Å². The highest BCUT2D eigenvalue weighted by atomic mass is 16.5. The Kier molecular flexibility index (Phi) is 10.5. The number of benzene rings is 2. The molecular formula is C33H40N4O4. The van der Waals surface area contributed by atoms with E-state index in [1.54, 1.807) is 48.5 Å². The smallest absolute Gasteiger partial charge is 0.248 e. The van der Waals surface area contributed by atoms with E-state index in [4.69, 9.17) is 4.74 Å². The summed E-state index contributed by atoms with van der Waals surface area (Å²) in [7, 11) is 1.59. The Bertz CT molecular complexity index is 1320. The van der Waals surface area contributed by atoms with Gasteiger partial charge in [-0.25, -0.2) is 4.98 Å². The van der Waals surface area contributed by atoms with Gasteiger partial charge in [0.2, 0.25) is 17.7 Å². The summed E-state index contributed by atoms with van der Waals surface area (Å²) in [5.74, 6) is 0.499. The van der Waals surface area contributed by atoms with Crippen molar-refractivity contribution in [1.82, 2.24) is 10.3 Å². The third-order valence-electron chi connectivity index (χ3n) is 7.65. The van der Waals surface area contributed by atoms with Crippen molar-refractivity contribution in [1.29, 1.82) is 0 Å². The Morgan fingerprint density at radius 1 is 0.951 bits per heavy atom. The fourth-order valence-corrected chi connectivity index (χ4v) is 5.21. The minimum Gasteiger partial charge on any atom is -0.497 e. The van der Waals surface area contributed by atoms with E-state index in [0.717, 1.165) is 36.8 Å². The number of rotatable bonds is 11. The van der Waals surface area contributed by atoms with Crippen molar-refractivity contribution >= 4 is 29.2 Å². The van der Waals surface area contributed by atoms with Crippen LogP contribution in [0.25, 0.3) is 0 Å². The number of ether oxygens (including phenoxy) is 1. The lowest BCUT2D eigenvalue weighted by molar-refractivity contribution is -0.127. The van der Waals surface area contributed by atoms with Gasteiger partial charge in [0.15, 0.2) is 0 Å². The molecule has 1 atom stereocenters. The second kappa shape index (κ2) is 14.4. The number of aryl methyl sites for hydroxylation is 2. The number of carbonyl (C=O) groups excluding carboxylic acids is 3. The summed E-state index contributed by atoms with van der Waals surface area (Å²) in [6.07, 6.45) is 7.41. The monoisotopic (exact) mass is 556 g/mol. The summed E-state index contributed by atoms with van der Waals surface area (Å²) >= 11 is 0. The Morgan fingerprint density at radius 2 is 1.71 bits per heavy atom. The number of anilines is 2. The van der Waals surface area contributed by atoms with E-state index < -0.39 is 6.04 Å². The fraction of sp³-hybridized carbons (Fsp3) is 0.394. The van der Waals surface area contributed by atoms with Crippen molar-refractivity contribution in [2.24, 2.45) is 0 Å². The zero-order chi connectivity index (χ0) is 29.2. The van der Waals surface area contributed by atoms with Crippen LogP contribution >= 0.6 is 0 Å². The summed E-state index contributed by atoms with van der Waals surface area (Å²) in [5, 5.41) is 6.01. The number of nitrogens with one attached hydrogen (secondary N) is 2. The van der Waals surface area contributed by atoms with Crippen LogP contribution in [0.4, 0.5) is 11.5 Å². The molecule has 0 aliphatic heterocycles. The molecule has 8 nitrogen and oxygen atoms in total. The van der Waals surface area contributed by atoms with Gasteiger partial charge in [0, 0.05) is 30.8 Å². The van der Waals surface area contributed by atoms with E-state index in [-0.39, 0.29) is 36.6 Å². The molecule has 1 fully saturated rings. The Morgan fingerprint density at radius 3 is 2.37 bits per heavy atom. The second-order valence-corrected chi connectivity index (χ2v) is 10.7. The van der Waals surface area contributed by atoms with Crippen molar-refractivity contribution < 1.29 is 19.1 Å². The third-order valence-corrected chi connectivity index (χ3v) is 7.65. The molecule has 0 saturated heterocycles. The van der Waals surface area contributed by atoms with Gasteiger partial charge in [-0.1, -0.05) is 43.5 Å². The summed E-state index contributed by atoms with van der Waals surface area (Å²) in [6, 6.07) is 17.6. The highest BCUT2D eigenvalue weighted by Crippen LogP contribution is 2.32. The van der Waals surface area contributed by atoms with E-state index in [2.05, 4.69) is 15.6 Å². The van der Waals surface area contributed by atoms with E-state index in [1.807, 2.05) is 44.2 Å². The summed E-state index contributed by atoms with van der Waals surface area (Å²) < 4.78 is 5.35. The maximum atomic E-state index is 14.0. The van der Waals surface area contributed by atoms with Crippen LogP contribution in [0.15, 0.2) is 66.9 Å². The number of aromatic nitrogens is 1. The first-order chi connectivity index (χ1) is 19.9. The van der Waals surface area contributed by atoms with Gasteiger partial charge >= 0.3 is 0 Å². The number of methoxy groups -OCH3 is 1. The molecule has 1 aromatic heterocycles. The van der Waals surface area contributed by atoms with E-state index >= 15 is 0 Å². The molecule has 1 aliphatic rings. The molecule has 8 heteroatoms. The molecule has 41 heavy (non-hydrogen) atoms.